The summed E-state index contributed by atoms with van der Waals surface area (Å²) in [5, 5.41) is 1.36. The fourth-order valence-electron chi connectivity index (χ4n) is 1.81. The van der Waals surface area contributed by atoms with E-state index < -0.39 is 6.75 Å². The zero-order chi connectivity index (χ0) is 9.31. The van der Waals surface area contributed by atoms with Crippen LogP contribution in [0.2, 0.25) is 0 Å². The van der Waals surface area contributed by atoms with Crippen LogP contribution in [0, 0.1) is 0 Å². The number of rotatable bonds is 1. The Morgan fingerprint density at radius 1 is 1.23 bits per heavy atom. The summed E-state index contributed by atoms with van der Waals surface area (Å²) in [6.07, 6.45) is 4.49. The Hall–Kier alpha value is -0.545. The van der Waals surface area contributed by atoms with Crippen LogP contribution in [-0.2, 0) is 0 Å². The summed E-state index contributed by atoms with van der Waals surface area (Å²) in [5.41, 5.74) is 1.46. The first-order valence-electron chi connectivity index (χ1n) is 4.58. The molecule has 0 bridgehead atoms. The number of hydrogen-bond acceptors (Lipinski definition) is 0. The van der Waals surface area contributed by atoms with Gasteiger partial charge in [-0.25, -0.2) is 0 Å². The van der Waals surface area contributed by atoms with Gasteiger partial charge in [-0.2, -0.15) is 0 Å². The van der Waals surface area contributed by atoms with Crippen molar-refractivity contribution < 1.29 is 0 Å². The molecule has 13 heavy (non-hydrogen) atoms. The van der Waals surface area contributed by atoms with Crippen molar-refractivity contribution in [1.82, 2.24) is 0 Å². The van der Waals surface area contributed by atoms with Gasteiger partial charge in [-0.15, -0.1) is 0 Å². The molecule has 1 unspecified atom stereocenters. The van der Waals surface area contributed by atoms with Crippen molar-refractivity contribution in [2.75, 3.05) is 12.3 Å². The van der Waals surface area contributed by atoms with Crippen molar-refractivity contribution in [3.63, 3.8) is 0 Å². The molecule has 0 fully saturated rings. The Morgan fingerprint density at radius 3 is 2.46 bits per heavy atom. The van der Waals surface area contributed by atoms with Crippen molar-refractivity contribution >= 4 is 19.2 Å². The molecule has 1 aromatic carbocycles. The van der Waals surface area contributed by atoms with Crippen molar-refractivity contribution in [2.24, 2.45) is 0 Å². The summed E-state index contributed by atoms with van der Waals surface area (Å²) in [4.78, 5) is 0. The van der Waals surface area contributed by atoms with Crippen LogP contribution in [0.25, 0.3) is 0 Å². The molecule has 1 aliphatic heterocycles. The molecule has 1 radical (unpaired) electrons. The number of benzene rings is 1. The van der Waals surface area contributed by atoms with Gasteiger partial charge in [0.1, 0.15) is 0 Å². The van der Waals surface area contributed by atoms with Crippen LogP contribution >= 0.6 is 6.75 Å². The summed E-state index contributed by atoms with van der Waals surface area (Å²) in [7, 11) is 6.43. The van der Waals surface area contributed by atoms with Gasteiger partial charge in [0, 0.05) is 0 Å². The normalized spacial score (nSPS) is 27.2. The van der Waals surface area contributed by atoms with Gasteiger partial charge in [-0.1, -0.05) is 0 Å². The van der Waals surface area contributed by atoms with Gasteiger partial charge in [0.15, 0.2) is 0 Å². The predicted octanol–water partition coefficient (Wildman–Crippen LogP) is 2.37. The quantitative estimate of drug-likeness (QED) is 0.359. The summed E-state index contributed by atoms with van der Waals surface area (Å²) in [6.45, 7) is 0.857. The maximum absolute atomic E-state index is 6.43. The Bertz CT molecular complexity index is 378. The van der Waals surface area contributed by atoms with Gasteiger partial charge in [-0.05, 0) is 0 Å². The van der Waals surface area contributed by atoms with Gasteiger partial charge in [-0.3, -0.25) is 0 Å². The van der Waals surface area contributed by atoms with E-state index in [4.69, 9.17) is 7.18 Å². The molecule has 1 atom stereocenters. The van der Waals surface area contributed by atoms with Crippen molar-refractivity contribution in [1.29, 1.82) is 0 Å². The minimum absolute atomic E-state index is 1.09. The third kappa shape index (κ3) is 1.71. The molecule has 0 nitrogen and oxygen atoms in total. The van der Waals surface area contributed by atoms with E-state index in [-0.39, 0.29) is 0 Å². The molecular weight excluding hydrogens is 174 g/mol. The van der Waals surface area contributed by atoms with E-state index in [1.54, 1.807) is 0 Å². The average molecular weight is 187 g/mol. The van der Waals surface area contributed by atoms with E-state index in [0.29, 0.717) is 0 Å². The molecule has 0 aromatic heterocycles. The van der Waals surface area contributed by atoms with Gasteiger partial charge < -0.3 is 0 Å². The van der Waals surface area contributed by atoms with Crippen LogP contribution in [0.3, 0.4) is 0 Å². The molecule has 0 spiro atoms. The molecule has 1 aliphatic rings. The molecule has 0 saturated heterocycles. The predicted molar refractivity (Wildman–Crippen MR) is 62.2 cm³/mol. The molecule has 1 heterocycles. The standard InChI is InChI=1S/C11H13BP/c1-10-7-8-13(12,9-10)11-5-3-2-4-6-11/h2-7H,8-9H2,1H3. The maximum atomic E-state index is 6.43. The molecule has 0 N–H and O–H groups in total. The molecule has 2 rings (SSSR count). The van der Waals surface area contributed by atoms with Gasteiger partial charge in [0.05, 0.1) is 0 Å². The number of hydrogen-bond donors (Lipinski definition) is 0. The van der Waals surface area contributed by atoms with Crippen molar-refractivity contribution in [2.45, 2.75) is 6.92 Å². The summed E-state index contributed by atoms with van der Waals surface area (Å²) < 4.78 is 0. The number of allylic oxidation sites excluding steroid dienone is 2. The van der Waals surface area contributed by atoms with Crippen LogP contribution in [0.4, 0.5) is 0 Å². The van der Waals surface area contributed by atoms with Crippen LogP contribution in [-0.4, -0.2) is 19.5 Å². The minimum atomic E-state index is -1.32. The first kappa shape index (κ1) is 9.03. The van der Waals surface area contributed by atoms with Crippen molar-refractivity contribution in [3.8, 4) is 0 Å². The third-order valence-corrected chi connectivity index (χ3v) is 5.79. The van der Waals surface area contributed by atoms with Crippen LogP contribution in [0.5, 0.6) is 0 Å². The molecular formula is C11H13BP. The molecule has 2 heteroatoms. The van der Waals surface area contributed by atoms with E-state index in [1.165, 1.54) is 10.9 Å². The van der Waals surface area contributed by atoms with Crippen LogP contribution in [0.1, 0.15) is 6.92 Å². The zero-order valence-corrected chi connectivity index (χ0v) is 8.80. The van der Waals surface area contributed by atoms with Gasteiger partial charge in [0.25, 0.3) is 0 Å². The molecule has 0 saturated carbocycles. The Kier molecular flexibility index (Phi) is 2.30. The average Bonchev–Trinajstić information content (AvgIpc) is 2.49. The fraction of sp³-hybridized carbons (Fsp3) is 0.273. The van der Waals surface area contributed by atoms with E-state index >= 15 is 0 Å². The molecule has 1 aromatic rings. The van der Waals surface area contributed by atoms with E-state index in [1.807, 2.05) is 6.07 Å². The second kappa shape index (κ2) is 3.31. The Balaban J connectivity index is 2.34. The third-order valence-electron chi connectivity index (χ3n) is 2.57. The first-order valence-corrected chi connectivity index (χ1v) is 6.80. The topological polar surface area (TPSA) is 0 Å². The SMILES string of the molecule is [B]=P1(c2ccccc2)CC=C(C)C1. The van der Waals surface area contributed by atoms with Crippen molar-refractivity contribution in [3.05, 3.63) is 42.0 Å². The van der Waals surface area contributed by atoms with E-state index in [2.05, 4.69) is 37.3 Å². The summed E-state index contributed by atoms with van der Waals surface area (Å²) >= 11 is 0. The zero-order valence-electron chi connectivity index (χ0n) is 7.90. The Labute approximate surface area is 81.0 Å². The van der Waals surface area contributed by atoms with Gasteiger partial charge in [0.2, 0.25) is 0 Å². The molecule has 0 amide bonds. The first-order chi connectivity index (χ1) is 6.21. The van der Waals surface area contributed by atoms with Crippen LogP contribution in [0.15, 0.2) is 42.0 Å². The second-order valence-electron chi connectivity index (χ2n) is 3.76. The Morgan fingerprint density at radius 2 is 1.92 bits per heavy atom. The second-order valence-corrected chi connectivity index (χ2v) is 7.03. The van der Waals surface area contributed by atoms with Gasteiger partial charge >= 0.3 is 80.5 Å². The van der Waals surface area contributed by atoms with E-state index in [9.17, 15) is 0 Å². The van der Waals surface area contributed by atoms with E-state index in [0.717, 1.165) is 12.3 Å². The summed E-state index contributed by atoms with van der Waals surface area (Å²) in [6, 6.07) is 10.5. The molecule has 0 aliphatic carbocycles. The molecule has 65 valence electrons. The monoisotopic (exact) mass is 187 g/mol. The fourth-order valence-corrected chi connectivity index (χ4v) is 4.76. The van der Waals surface area contributed by atoms with Crippen LogP contribution < -0.4 is 5.30 Å². The summed E-state index contributed by atoms with van der Waals surface area (Å²) in [5.74, 6) is 0.